The van der Waals surface area contributed by atoms with Gasteiger partial charge in [0.1, 0.15) is 5.75 Å². The summed E-state index contributed by atoms with van der Waals surface area (Å²) < 4.78 is 6.45. The van der Waals surface area contributed by atoms with Crippen molar-refractivity contribution in [3.05, 3.63) is 56.0 Å². The van der Waals surface area contributed by atoms with Gasteiger partial charge in [-0.25, -0.2) is 0 Å². The Morgan fingerprint density at radius 1 is 0.933 bits per heavy atom. The Hall–Kier alpha value is -2.29. The number of anilines is 1. The highest BCUT2D eigenvalue weighted by atomic mass is 79.9. The van der Waals surface area contributed by atoms with Crippen LogP contribution in [0.2, 0.25) is 10.0 Å². The Morgan fingerprint density at radius 2 is 1.53 bits per heavy atom. The summed E-state index contributed by atoms with van der Waals surface area (Å²) in [6, 6.07) is 8.41. The van der Waals surface area contributed by atoms with Crippen LogP contribution >= 0.6 is 39.1 Å². The Balaban J connectivity index is 1.71. The van der Waals surface area contributed by atoms with E-state index in [4.69, 9.17) is 27.9 Å². The number of hydrogen-bond acceptors (Lipinski definition) is 4. The molecule has 2 aromatic rings. The van der Waals surface area contributed by atoms with Crippen LogP contribution in [0.3, 0.4) is 0 Å². The lowest BCUT2D eigenvalue weighted by atomic mass is 10.1. The van der Waals surface area contributed by atoms with Gasteiger partial charge in [-0.05, 0) is 55.3 Å². The van der Waals surface area contributed by atoms with Crippen molar-refractivity contribution in [2.75, 3.05) is 11.9 Å². The lowest BCUT2D eigenvalue weighted by Crippen LogP contribution is -2.44. The fraction of sp³-hybridized carbons (Fsp3) is 0.250. The zero-order chi connectivity index (χ0) is 22.3. The zero-order valence-corrected chi connectivity index (χ0v) is 19.4. The molecule has 3 amide bonds. The molecule has 0 fully saturated rings. The number of carbonyl (C=O) groups is 3. The second kappa shape index (κ2) is 11.2. The molecule has 0 spiro atoms. The van der Waals surface area contributed by atoms with E-state index in [1.54, 1.807) is 12.1 Å². The van der Waals surface area contributed by atoms with Crippen LogP contribution in [0, 0.1) is 13.8 Å². The van der Waals surface area contributed by atoms with Crippen LogP contribution in [0.15, 0.2) is 34.8 Å². The topological polar surface area (TPSA) is 96.5 Å². The summed E-state index contributed by atoms with van der Waals surface area (Å²) in [4.78, 5) is 35.7. The molecule has 0 aliphatic rings. The second-order valence-electron chi connectivity index (χ2n) is 6.43. The van der Waals surface area contributed by atoms with Gasteiger partial charge in [0.05, 0.1) is 10.7 Å². The second-order valence-corrected chi connectivity index (χ2v) is 8.19. The van der Waals surface area contributed by atoms with Crippen LogP contribution < -0.4 is 20.9 Å². The van der Waals surface area contributed by atoms with Crippen molar-refractivity contribution in [1.29, 1.82) is 0 Å². The number of carbonyl (C=O) groups excluding carboxylic acids is 3. The highest BCUT2D eigenvalue weighted by Crippen LogP contribution is 2.27. The van der Waals surface area contributed by atoms with Gasteiger partial charge < -0.3 is 10.1 Å². The van der Waals surface area contributed by atoms with E-state index in [9.17, 15) is 14.4 Å². The van der Waals surface area contributed by atoms with E-state index in [0.717, 1.165) is 15.6 Å². The largest absolute Gasteiger partial charge is 0.483 e. The van der Waals surface area contributed by atoms with Crippen LogP contribution in [0.5, 0.6) is 5.75 Å². The maximum Gasteiger partial charge on any atom is 0.276 e. The third-order valence-electron chi connectivity index (χ3n) is 3.90. The van der Waals surface area contributed by atoms with Crippen molar-refractivity contribution >= 4 is 62.5 Å². The first kappa shape index (κ1) is 24.0. The number of aryl methyl sites for hydroxylation is 2. The van der Waals surface area contributed by atoms with Crippen LogP contribution in [0.25, 0.3) is 0 Å². The number of rotatable bonds is 7. The lowest BCUT2D eigenvalue weighted by molar-refractivity contribution is -0.130. The zero-order valence-electron chi connectivity index (χ0n) is 16.3. The van der Waals surface area contributed by atoms with Crippen LogP contribution in [0.4, 0.5) is 5.69 Å². The Morgan fingerprint density at radius 3 is 2.17 bits per heavy atom. The lowest BCUT2D eigenvalue weighted by Gasteiger charge is -2.13. The summed E-state index contributed by atoms with van der Waals surface area (Å²) in [5, 5.41) is 3.33. The van der Waals surface area contributed by atoms with Gasteiger partial charge in [0.2, 0.25) is 11.8 Å². The van der Waals surface area contributed by atoms with E-state index in [2.05, 4.69) is 32.1 Å². The normalized spacial score (nSPS) is 10.3. The molecule has 0 aliphatic carbocycles. The molecule has 0 atom stereocenters. The molecular formula is C20H20BrCl2N3O4. The number of amides is 3. The minimum Gasteiger partial charge on any atom is -0.483 e. The van der Waals surface area contributed by atoms with E-state index < -0.39 is 17.7 Å². The van der Waals surface area contributed by atoms with Crippen LogP contribution in [-0.4, -0.2) is 24.3 Å². The third kappa shape index (κ3) is 7.51. The summed E-state index contributed by atoms with van der Waals surface area (Å²) >= 11 is 15.2. The van der Waals surface area contributed by atoms with E-state index in [1.165, 1.54) is 6.07 Å². The molecule has 7 nitrogen and oxygen atoms in total. The summed E-state index contributed by atoms with van der Waals surface area (Å²) in [7, 11) is 0. The van der Waals surface area contributed by atoms with Gasteiger partial charge in [0.25, 0.3) is 5.91 Å². The molecule has 3 N–H and O–H groups in total. The quantitative estimate of drug-likeness (QED) is 0.477. The first-order valence-corrected chi connectivity index (χ1v) is 10.4. The average molecular weight is 517 g/mol. The van der Waals surface area contributed by atoms with E-state index >= 15 is 0 Å². The Labute approximate surface area is 192 Å². The van der Waals surface area contributed by atoms with Gasteiger partial charge in [0.15, 0.2) is 6.61 Å². The summed E-state index contributed by atoms with van der Waals surface area (Å²) in [6.07, 6.45) is -0.211. The third-order valence-corrected chi connectivity index (χ3v) is 4.90. The van der Waals surface area contributed by atoms with Gasteiger partial charge in [0, 0.05) is 22.3 Å². The number of halogens is 3. The van der Waals surface area contributed by atoms with Crippen LogP contribution in [-0.2, 0) is 14.4 Å². The fourth-order valence-corrected chi connectivity index (χ4v) is 3.67. The highest BCUT2D eigenvalue weighted by Gasteiger charge is 2.12. The Kier molecular flexibility index (Phi) is 8.95. The predicted octanol–water partition coefficient (Wildman–Crippen LogP) is 4.32. The first-order valence-electron chi connectivity index (χ1n) is 8.88. The maximum absolute atomic E-state index is 11.9. The molecule has 0 bridgehead atoms. The standard InChI is InChI=1S/C20H20BrCl2N3O4/c1-11-7-13(21)8-12(2)20(11)30-10-19(29)26-25-18(28)6-5-17(27)24-16-4-3-14(22)9-15(16)23/h3-4,7-9H,5-6,10H2,1-2H3,(H,24,27)(H,25,28)(H,26,29). The Bertz CT molecular complexity index is 946. The van der Waals surface area contributed by atoms with Gasteiger partial charge in [-0.3, -0.25) is 25.2 Å². The molecule has 2 aromatic carbocycles. The molecule has 0 unspecified atom stereocenters. The van der Waals surface area contributed by atoms with Crippen molar-refractivity contribution in [3.8, 4) is 5.75 Å². The fourth-order valence-electron chi connectivity index (χ4n) is 2.53. The molecule has 0 saturated heterocycles. The van der Waals surface area contributed by atoms with Gasteiger partial charge in [-0.2, -0.15) is 0 Å². The number of ether oxygens (including phenoxy) is 1. The number of nitrogens with one attached hydrogen (secondary N) is 3. The van der Waals surface area contributed by atoms with Gasteiger partial charge in [-0.15, -0.1) is 0 Å². The molecule has 0 aromatic heterocycles. The first-order chi connectivity index (χ1) is 14.2. The van der Waals surface area contributed by atoms with Crippen molar-refractivity contribution < 1.29 is 19.1 Å². The SMILES string of the molecule is Cc1cc(Br)cc(C)c1OCC(=O)NNC(=O)CCC(=O)Nc1ccc(Cl)cc1Cl. The molecule has 0 radical (unpaired) electrons. The monoisotopic (exact) mass is 515 g/mol. The number of hydrogen-bond donors (Lipinski definition) is 3. The van der Waals surface area contributed by atoms with Crippen molar-refractivity contribution in [1.82, 2.24) is 10.9 Å². The predicted molar refractivity (Wildman–Crippen MR) is 120 cm³/mol. The smallest absolute Gasteiger partial charge is 0.276 e. The van der Waals surface area contributed by atoms with Crippen molar-refractivity contribution in [3.63, 3.8) is 0 Å². The van der Waals surface area contributed by atoms with Gasteiger partial charge in [-0.1, -0.05) is 39.1 Å². The van der Waals surface area contributed by atoms with Gasteiger partial charge >= 0.3 is 0 Å². The average Bonchev–Trinajstić information content (AvgIpc) is 2.66. The molecule has 0 aliphatic heterocycles. The van der Waals surface area contributed by atoms with E-state index in [0.29, 0.717) is 21.5 Å². The molecular weight excluding hydrogens is 497 g/mol. The molecule has 0 saturated carbocycles. The maximum atomic E-state index is 11.9. The summed E-state index contributed by atoms with van der Waals surface area (Å²) in [5.74, 6) is -0.832. The minimum atomic E-state index is -0.525. The summed E-state index contributed by atoms with van der Waals surface area (Å²) in [5.41, 5.74) is 6.66. The number of benzene rings is 2. The highest BCUT2D eigenvalue weighted by molar-refractivity contribution is 9.10. The molecule has 10 heteroatoms. The molecule has 160 valence electrons. The van der Waals surface area contributed by atoms with Crippen molar-refractivity contribution in [2.24, 2.45) is 0 Å². The van der Waals surface area contributed by atoms with Crippen molar-refractivity contribution in [2.45, 2.75) is 26.7 Å². The minimum absolute atomic E-state index is 0.0888. The molecule has 2 rings (SSSR count). The van der Waals surface area contributed by atoms with Crippen LogP contribution in [0.1, 0.15) is 24.0 Å². The summed E-state index contributed by atoms with van der Waals surface area (Å²) in [6.45, 7) is 3.48. The van der Waals surface area contributed by atoms with E-state index in [1.807, 2.05) is 26.0 Å². The molecule has 0 heterocycles. The van der Waals surface area contributed by atoms with E-state index in [-0.39, 0.29) is 19.4 Å². The molecule has 30 heavy (non-hydrogen) atoms. The number of hydrazine groups is 1.